The zero-order valence-electron chi connectivity index (χ0n) is 11.2. The minimum atomic E-state index is 0.192. The lowest BCUT2D eigenvalue weighted by molar-refractivity contribution is 0.406. The minimum absolute atomic E-state index is 0.192. The van der Waals surface area contributed by atoms with Crippen molar-refractivity contribution in [3.8, 4) is 5.75 Å². The summed E-state index contributed by atoms with van der Waals surface area (Å²) in [5.74, 6) is 1.03. The van der Waals surface area contributed by atoms with Crippen molar-refractivity contribution in [2.45, 2.75) is 52.0 Å². The zero-order chi connectivity index (χ0) is 12.4. The molecule has 0 amide bonds. The lowest BCUT2D eigenvalue weighted by Crippen LogP contribution is -2.21. The average molecular weight is 233 g/mol. The molecular weight excluding hydrogens is 210 g/mol. The topological polar surface area (TPSA) is 35.2 Å². The van der Waals surface area contributed by atoms with Gasteiger partial charge in [-0.05, 0) is 74.3 Å². The van der Waals surface area contributed by atoms with E-state index in [4.69, 9.17) is 10.5 Å². The number of fused-ring (bicyclic) bond motifs is 1. The lowest BCUT2D eigenvalue weighted by Gasteiger charge is -2.24. The number of rotatable bonds is 3. The highest BCUT2D eigenvalue weighted by Gasteiger charge is 2.19. The second kappa shape index (κ2) is 5.09. The SMILES string of the molecule is COc1cc(C)c2c(c1CC(C)N)CCCC2. The molecule has 0 saturated carbocycles. The monoisotopic (exact) mass is 233 g/mol. The van der Waals surface area contributed by atoms with E-state index >= 15 is 0 Å². The molecule has 1 aliphatic carbocycles. The van der Waals surface area contributed by atoms with E-state index < -0.39 is 0 Å². The molecule has 0 aromatic heterocycles. The molecule has 0 heterocycles. The van der Waals surface area contributed by atoms with E-state index in [9.17, 15) is 0 Å². The first-order valence-electron chi connectivity index (χ1n) is 6.57. The average Bonchev–Trinajstić information content (AvgIpc) is 2.32. The third-order valence-corrected chi connectivity index (χ3v) is 3.70. The van der Waals surface area contributed by atoms with Crippen molar-refractivity contribution in [2.75, 3.05) is 7.11 Å². The van der Waals surface area contributed by atoms with Gasteiger partial charge in [0.2, 0.25) is 0 Å². The van der Waals surface area contributed by atoms with Crippen LogP contribution in [0.4, 0.5) is 0 Å². The first-order chi connectivity index (χ1) is 8.13. The molecule has 0 aliphatic heterocycles. The molecule has 0 radical (unpaired) electrons. The Kier molecular flexibility index (Phi) is 3.72. The maximum Gasteiger partial charge on any atom is 0.122 e. The van der Waals surface area contributed by atoms with Crippen LogP contribution in [0.3, 0.4) is 0 Å². The highest BCUT2D eigenvalue weighted by molar-refractivity contribution is 5.50. The van der Waals surface area contributed by atoms with Crippen molar-refractivity contribution in [3.63, 3.8) is 0 Å². The Labute approximate surface area is 104 Å². The van der Waals surface area contributed by atoms with Crippen molar-refractivity contribution in [2.24, 2.45) is 5.73 Å². The Balaban J connectivity index is 2.52. The van der Waals surface area contributed by atoms with Crippen LogP contribution in [0.1, 0.15) is 42.0 Å². The summed E-state index contributed by atoms with van der Waals surface area (Å²) in [7, 11) is 1.76. The quantitative estimate of drug-likeness (QED) is 0.871. The summed E-state index contributed by atoms with van der Waals surface area (Å²) < 4.78 is 5.54. The Bertz CT molecular complexity index is 410. The normalized spacial score (nSPS) is 16.5. The maximum absolute atomic E-state index is 5.96. The number of aryl methyl sites for hydroxylation is 1. The van der Waals surface area contributed by atoms with Crippen molar-refractivity contribution < 1.29 is 4.74 Å². The van der Waals surface area contributed by atoms with E-state index in [1.807, 2.05) is 0 Å². The predicted molar refractivity (Wildman–Crippen MR) is 71.7 cm³/mol. The Morgan fingerprint density at radius 2 is 1.94 bits per heavy atom. The van der Waals surface area contributed by atoms with E-state index in [0.29, 0.717) is 0 Å². The van der Waals surface area contributed by atoms with Crippen LogP contribution in [0.15, 0.2) is 6.07 Å². The van der Waals surface area contributed by atoms with Crippen LogP contribution in [0.2, 0.25) is 0 Å². The van der Waals surface area contributed by atoms with E-state index in [1.54, 1.807) is 12.7 Å². The molecule has 0 bridgehead atoms. The van der Waals surface area contributed by atoms with Gasteiger partial charge in [-0.25, -0.2) is 0 Å². The van der Waals surface area contributed by atoms with Gasteiger partial charge in [-0.15, -0.1) is 0 Å². The summed E-state index contributed by atoms with van der Waals surface area (Å²) >= 11 is 0. The van der Waals surface area contributed by atoms with E-state index in [1.165, 1.54) is 42.4 Å². The molecule has 0 spiro atoms. The smallest absolute Gasteiger partial charge is 0.122 e. The number of hydrogen-bond acceptors (Lipinski definition) is 2. The highest BCUT2D eigenvalue weighted by Crippen LogP contribution is 2.34. The van der Waals surface area contributed by atoms with Crippen LogP contribution in [-0.2, 0) is 19.3 Å². The number of benzene rings is 1. The standard InChI is InChI=1S/C15H23NO/c1-10-8-15(17-3)14(9-11(2)16)13-7-5-4-6-12(10)13/h8,11H,4-7,9,16H2,1-3H3. The van der Waals surface area contributed by atoms with Gasteiger partial charge in [0.15, 0.2) is 0 Å². The summed E-state index contributed by atoms with van der Waals surface area (Å²) in [6.07, 6.45) is 5.95. The second-order valence-corrected chi connectivity index (χ2v) is 5.22. The van der Waals surface area contributed by atoms with Gasteiger partial charge in [0.1, 0.15) is 5.75 Å². The zero-order valence-corrected chi connectivity index (χ0v) is 11.2. The molecule has 2 nitrogen and oxygen atoms in total. The number of methoxy groups -OCH3 is 1. The van der Waals surface area contributed by atoms with Crippen LogP contribution in [0, 0.1) is 6.92 Å². The minimum Gasteiger partial charge on any atom is -0.496 e. The van der Waals surface area contributed by atoms with Crippen LogP contribution in [0.5, 0.6) is 5.75 Å². The Morgan fingerprint density at radius 3 is 2.53 bits per heavy atom. The first-order valence-corrected chi connectivity index (χ1v) is 6.57. The van der Waals surface area contributed by atoms with E-state index in [-0.39, 0.29) is 6.04 Å². The van der Waals surface area contributed by atoms with Gasteiger partial charge in [-0.1, -0.05) is 0 Å². The largest absolute Gasteiger partial charge is 0.496 e. The molecular formula is C15H23NO. The van der Waals surface area contributed by atoms with Gasteiger partial charge in [0.25, 0.3) is 0 Å². The molecule has 1 unspecified atom stereocenters. The third kappa shape index (κ3) is 2.47. The Hall–Kier alpha value is -1.02. The summed E-state index contributed by atoms with van der Waals surface area (Å²) in [5.41, 5.74) is 11.8. The molecule has 1 aliphatic rings. The van der Waals surface area contributed by atoms with Crippen LogP contribution in [-0.4, -0.2) is 13.2 Å². The van der Waals surface area contributed by atoms with Crippen molar-refractivity contribution >= 4 is 0 Å². The molecule has 2 heteroatoms. The fourth-order valence-electron chi connectivity index (χ4n) is 2.92. The van der Waals surface area contributed by atoms with Crippen molar-refractivity contribution in [1.82, 2.24) is 0 Å². The summed E-state index contributed by atoms with van der Waals surface area (Å²) in [6.45, 7) is 4.26. The molecule has 94 valence electrons. The van der Waals surface area contributed by atoms with Crippen molar-refractivity contribution in [1.29, 1.82) is 0 Å². The van der Waals surface area contributed by atoms with Gasteiger partial charge in [-0.3, -0.25) is 0 Å². The molecule has 1 atom stereocenters. The molecule has 2 N–H and O–H groups in total. The van der Waals surface area contributed by atoms with E-state index in [2.05, 4.69) is 19.9 Å². The van der Waals surface area contributed by atoms with Crippen LogP contribution < -0.4 is 10.5 Å². The fraction of sp³-hybridized carbons (Fsp3) is 0.600. The van der Waals surface area contributed by atoms with Gasteiger partial charge in [-0.2, -0.15) is 0 Å². The van der Waals surface area contributed by atoms with Gasteiger partial charge in [0, 0.05) is 6.04 Å². The molecule has 1 aromatic rings. The predicted octanol–water partition coefficient (Wildman–Crippen LogP) is 2.77. The van der Waals surface area contributed by atoms with Crippen LogP contribution in [0.25, 0.3) is 0 Å². The summed E-state index contributed by atoms with van der Waals surface area (Å²) in [4.78, 5) is 0. The third-order valence-electron chi connectivity index (χ3n) is 3.70. The number of hydrogen-bond donors (Lipinski definition) is 1. The molecule has 17 heavy (non-hydrogen) atoms. The summed E-state index contributed by atoms with van der Waals surface area (Å²) in [6, 6.07) is 2.37. The summed E-state index contributed by atoms with van der Waals surface area (Å²) in [5, 5.41) is 0. The van der Waals surface area contributed by atoms with Gasteiger partial charge in [0.05, 0.1) is 7.11 Å². The van der Waals surface area contributed by atoms with Gasteiger partial charge < -0.3 is 10.5 Å². The first kappa shape index (κ1) is 12.4. The lowest BCUT2D eigenvalue weighted by atomic mass is 9.83. The fourth-order valence-corrected chi connectivity index (χ4v) is 2.92. The second-order valence-electron chi connectivity index (χ2n) is 5.22. The Morgan fingerprint density at radius 1 is 1.29 bits per heavy atom. The molecule has 0 saturated heterocycles. The molecule has 2 rings (SSSR count). The van der Waals surface area contributed by atoms with Crippen molar-refractivity contribution in [3.05, 3.63) is 28.3 Å². The van der Waals surface area contributed by atoms with E-state index in [0.717, 1.165) is 12.2 Å². The highest BCUT2D eigenvalue weighted by atomic mass is 16.5. The van der Waals surface area contributed by atoms with Crippen LogP contribution >= 0.6 is 0 Å². The molecule has 1 aromatic carbocycles. The molecule has 0 fully saturated rings. The van der Waals surface area contributed by atoms with Gasteiger partial charge >= 0.3 is 0 Å². The maximum atomic E-state index is 5.96. The number of nitrogens with two attached hydrogens (primary N) is 1. The number of ether oxygens (including phenoxy) is 1.